The lowest BCUT2D eigenvalue weighted by molar-refractivity contribution is 0.296. The first-order valence-electron chi connectivity index (χ1n) is 10.1. The number of aromatic nitrogens is 2. The maximum atomic E-state index is 13.3. The molecule has 0 aliphatic heterocycles. The third kappa shape index (κ3) is 5.87. The minimum Gasteiger partial charge on any atom is -0.236 e. The molecule has 1 aromatic heterocycles. The molecule has 1 saturated carbocycles. The van der Waals surface area contributed by atoms with Crippen molar-refractivity contribution in [1.82, 2.24) is 9.97 Å². The third-order valence-corrected chi connectivity index (χ3v) is 5.77. The fraction of sp³-hybridized carbons (Fsp3) is 0.478. The largest absolute Gasteiger partial charge is 0.236 e. The van der Waals surface area contributed by atoms with Gasteiger partial charge in [0.05, 0.1) is 5.02 Å². The van der Waals surface area contributed by atoms with Gasteiger partial charge in [0.2, 0.25) is 0 Å². The summed E-state index contributed by atoms with van der Waals surface area (Å²) in [6, 6.07) is 4.58. The monoisotopic (exact) mass is 386 g/mol. The zero-order chi connectivity index (χ0) is 19.1. The van der Waals surface area contributed by atoms with Crippen molar-refractivity contribution in [3.63, 3.8) is 0 Å². The van der Waals surface area contributed by atoms with Gasteiger partial charge >= 0.3 is 0 Å². The van der Waals surface area contributed by atoms with Gasteiger partial charge < -0.3 is 0 Å². The highest BCUT2D eigenvalue weighted by Gasteiger charge is 2.19. The summed E-state index contributed by atoms with van der Waals surface area (Å²) < 4.78 is 13.3. The first-order valence-corrected chi connectivity index (χ1v) is 10.5. The second kappa shape index (κ2) is 9.98. The maximum absolute atomic E-state index is 13.3. The van der Waals surface area contributed by atoms with Gasteiger partial charge in [-0.05, 0) is 80.5 Å². The van der Waals surface area contributed by atoms with Crippen LogP contribution in [0.3, 0.4) is 0 Å². The Morgan fingerprint density at radius 2 is 1.89 bits per heavy atom. The molecule has 1 fully saturated rings. The minimum absolute atomic E-state index is 0.0975. The van der Waals surface area contributed by atoms with Gasteiger partial charge in [-0.25, -0.2) is 14.4 Å². The smallest absolute Gasteiger partial charge is 0.159 e. The van der Waals surface area contributed by atoms with Gasteiger partial charge in [-0.15, -0.1) is 0 Å². The molecule has 4 heteroatoms. The normalized spacial score (nSPS) is 20.3. The van der Waals surface area contributed by atoms with Crippen molar-refractivity contribution < 1.29 is 4.39 Å². The fourth-order valence-corrected chi connectivity index (χ4v) is 3.94. The standard InChI is InChI=1S/C23H28ClFN2/c1-2-3-4-5-17-6-8-18(9-7-17)10-11-19-15-26-23(27-16-19)20-12-13-22(25)21(24)14-20/h4-5,12-18H,2-3,6-11H2,1H3. The molecule has 27 heavy (non-hydrogen) atoms. The Morgan fingerprint density at radius 3 is 2.56 bits per heavy atom. The van der Waals surface area contributed by atoms with Crippen LogP contribution in [0.15, 0.2) is 42.7 Å². The summed E-state index contributed by atoms with van der Waals surface area (Å²) in [5.41, 5.74) is 1.90. The van der Waals surface area contributed by atoms with Gasteiger partial charge in [0.25, 0.3) is 0 Å². The Labute approximate surface area is 166 Å². The summed E-state index contributed by atoms with van der Waals surface area (Å²) in [4.78, 5) is 8.87. The van der Waals surface area contributed by atoms with Crippen LogP contribution in [0.1, 0.15) is 57.4 Å². The summed E-state index contributed by atoms with van der Waals surface area (Å²) in [6.45, 7) is 2.23. The minimum atomic E-state index is -0.424. The van der Waals surface area contributed by atoms with Crippen molar-refractivity contribution in [2.75, 3.05) is 0 Å². The summed E-state index contributed by atoms with van der Waals surface area (Å²) in [5.74, 6) is 1.77. The van der Waals surface area contributed by atoms with Crippen LogP contribution in [0.25, 0.3) is 11.4 Å². The zero-order valence-corrected chi connectivity index (χ0v) is 16.8. The van der Waals surface area contributed by atoms with Gasteiger partial charge in [-0.3, -0.25) is 0 Å². The first-order chi connectivity index (χ1) is 13.2. The third-order valence-electron chi connectivity index (χ3n) is 5.48. The van der Waals surface area contributed by atoms with Crippen LogP contribution in [-0.4, -0.2) is 9.97 Å². The van der Waals surface area contributed by atoms with Crippen molar-refractivity contribution in [1.29, 1.82) is 0 Å². The summed E-state index contributed by atoms with van der Waals surface area (Å²) in [7, 11) is 0. The molecule has 1 aromatic carbocycles. The molecule has 1 heterocycles. The van der Waals surface area contributed by atoms with E-state index < -0.39 is 5.82 Å². The summed E-state index contributed by atoms with van der Waals surface area (Å²) >= 11 is 5.84. The number of halogens is 2. The van der Waals surface area contributed by atoms with Crippen molar-refractivity contribution in [3.05, 3.63) is 59.1 Å². The molecule has 0 bridgehead atoms. The molecule has 0 saturated heterocycles. The number of allylic oxidation sites excluding steroid dienone is 2. The number of hydrogen-bond acceptors (Lipinski definition) is 2. The number of hydrogen-bond donors (Lipinski definition) is 0. The van der Waals surface area contributed by atoms with E-state index in [1.54, 1.807) is 12.1 Å². The number of aryl methyl sites for hydroxylation is 1. The Morgan fingerprint density at radius 1 is 1.15 bits per heavy atom. The topological polar surface area (TPSA) is 25.8 Å². The molecule has 2 aromatic rings. The summed E-state index contributed by atoms with van der Waals surface area (Å²) in [5, 5.41) is 0.0975. The van der Waals surface area contributed by atoms with E-state index in [0.717, 1.165) is 29.4 Å². The lowest BCUT2D eigenvalue weighted by Gasteiger charge is -2.26. The predicted octanol–water partition coefficient (Wildman–Crippen LogP) is 7.03. The van der Waals surface area contributed by atoms with E-state index in [2.05, 4.69) is 29.0 Å². The van der Waals surface area contributed by atoms with Crippen LogP contribution in [0, 0.1) is 17.7 Å². The number of unbranched alkanes of at least 4 members (excludes halogenated alkanes) is 1. The molecule has 0 unspecified atom stereocenters. The predicted molar refractivity (Wildman–Crippen MR) is 110 cm³/mol. The second-order valence-corrected chi connectivity index (χ2v) is 7.99. The van der Waals surface area contributed by atoms with E-state index in [1.807, 2.05) is 12.4 Å². The van der Waals surface area contributed by atoms with Gasteiger partial charge in [0, 0.05) is 18.0 Å². The van der Waals surface area contributed by atoms with E-state index in [-0.39, 0.29) is 5.02 Å². The zero-order valence-electron chi connectivity index (χ0n) is 16.0. The SMILES string of the molecule is CCCC=CC1CCC(CCc2cnc(-c3ccc(F)c(Cl)c3)nc2)CC1. The lowest BCUT2D eigenvalue weighted by atomic mass is 9.79. The second-order valence-electron chi connectivity index (χ2n) is 7.58. The van der Waals surface area contributed by atoms with Gasteiger partial charge in [0.1, 0.15) is 5.82 Å². The Balaban J connectivity index is 1.47. The molecule has 1 aliphatic rings. The molecule has 0 atom stereocenters. The highest BCUT2D eigenvalue weighted by atomic mass is 35.5. The van der Waals surface area contributed by atoms with E-state index >= 15 is 0 Å². The highest BCUT2D eigenvalue weighted by Crippen LogP contribution is 2.32. The van der Waals surface area contributed by atoms with Crippen molar-refractivity contribution in [3.8, 4) is 11.4 Å². The van der Waals surface area contributed by atoms with Crippen LogP contribution >= 0.6 is 11.6 Å². The van der Waals surface area contributed by atoms with E-state index in [1.165, 1.54) is 51.0 Å². The molecule has 3 rings (SSSR count). The van der Waals surface area contributed by atoms with Crippen molar-refractivity contribution in [2.45, 2.75) is 58.3 Å². The number of rotatable bonds is 7. The lowest BCUT2D eigenvalue weighted by Crippen LogP contribution is -2.13. The van der Waals surface area contributed by atoms with Crippen molar-refractivity contribution >= 4 is 11.6 Å². The van der Waals surface area contributed by atoms with Crippen LogP contribution < -0.4 is 0 Å². The molecule has 1 aliphatic carbocycles. The summed E-state index contributed by atoms with van der Waals surface area (Å²) in [6.07, 6.45) is 18.5. The van der Waals surface area contributed by atoms with E-state index in [0.29, 0.717) is 5.82 Å². The quantitative estimate of drug-likeness (QED) is 0.477. The van der Waals surface area contributed by atoms with E-state index in [4.69, 9.17) is 11.6 Å². The van der Waals surface area contributed by atoms with Crippen LogP contribution in [0.2, 0.25) is 5.02 Å². The van der Waals surface area contributed by atoms with Crippen LogP contribution in [0.4, 0.5) is 4.39 Å². The highest BCUT2D eigenvalue weighted by molar-refractivity contribution is 6.31. The average Bonchev–Trinajstić information content (AvgIpc) is 2.70. The Kier molecular flexibility index (Phi) is 7.40. The van der Waals surface area contributed by atoms with Crippen LogP contribution in [-0.2, 0) is 6.42 Å². The number of nitrogens with zero attached hydrogens (tertiary/aromatic N) is 2. The molecule has 0 amide bonds. The maximum Gasteiger partial charge on any atom is 0.159 e. The Bertz CT molecular complexity index is 749. The molecular weight excluding hydrogens is 359 g/mol. The fourth-order valence-electron chi connectivity index (χ4n) is 3.76. The molecule has 2 nitrogen and oxygen atoms in total. The molecule has 144 valence electrons. The molecule has 0 N–H and O–H groups in total. The van der Waals surface area contributed by atoms with Crippen molar-refractivity contribution in [2.24, 2.45) is 11.8 Å². The van der Waals surface area contributed by atoms with Gasteiger partial charge in [-0.1, -0.05) is 37.1 Å². The van der Waals surface area contributed by atoms with E-state index in [9.17, 15) is 4.39 Å². The van der Waals surface area contributed by atoms with Gasteiger partial charge in [-0.2, -0.15) is 0 Å². The average molecular weight is 387 g/mol. The number of benzene rings is 1. The molecule has 0 radical (unpaired) electrons. The molecular formula is C23H28ClFN2. The molecule has 0 spiro atoms. The van der Waals surface area contributed by atoms with Crippen LogP contribution in [0.5, 0.6) is 0 Å². The van der Waals surface area contributed by atoms with Gasteiger partial charge in [0.15, 0.2) is 5.82 Å². The first kappa shape index (κ1) is 20.0. The Hall–Kier alpha value is -1.74.